The molecule has 0 aliphatic heterocycles. The van der Waals surface area contributed by atoms with E-state index in [9.17, 15) is 15.0 Å². The average Bonchev–Trinajstić information content (AvgIpc) is 2.83. The molecule has 1 unspecified atom stereocenters. The largest absolute Gasteiger partial charge is 0.504 e. The van der Waals surface area contributed by atoms with Gasteiger partial charge in [-0.2, -0.15) is 0 Å². The summed E-state index contributed by atoms with van der Waals surface area (Å²) < 4.78 is 5.19. The van der Waals surface area contributed by atoms with Crippen LogP contribution in [0, 0.1) is 17.3 Å². The number of esters is 1. The Hall–Kier alpha value is -1.55. The molecular weight excluding hydrogens is 304 g/mol. The van der Waals surface area contributed by atoms with Crippen LogP contribution in [0.15, 0.2) is 12.1 Å². The van der Waals surface area contributed by atoms with Crippen molar-refractivity contribution in [2.24, 2.45) is 17.3 Å². The zero-order valence-corrected chi connectivity index (χ0v) is 14.4. The maximum atomic E-state index is 11.3. The van der Waals surface area contributed by atoms with E-state index in [0.29, 0.717) is 17.8 Å². The highest BCUT2D eigenvalue weighted by molar-refractivity contribution is 5.70. The van der Waals surface area contributed by atoms with Crippen molar-refractivity contribution in [2.45, 2.75) is 64.4 Å². The van der Waals surface area contributed by atoms with E-state index in [1.807, 2.05) is 6.07 Å². The number of hydrogen-bond donors (Lipinski definition) is 2. The molecule has 1 aromatic carbocycles. The lowest BCUT2D eigenvalue weighted by molar-refractivity contribution is -0.132. The van der Waals surface area contributed by atoms with Crippen LogP contribution in [-0.4, -0.2) is 22.3 Å². The van der Waals surface area contributed by atoms with Crippen molar-refractivity contribution in [3.05, 3.63) is 23.3 Å². The van der Waals surface area contributed by atoms with Gasteiger partial charge in [-0.05, 0) is 85.0 Å². The van der Waals surface area contributed by atoms with Crippen LogP contribution in [0.2, 0.25) is 0 Å². The summed E-state index contributed by atoms with van der Waals surface area (Å²) in [6, 6.07) is 3.66. The zero-order chi connectivity index (χ0) is 17.1. The van der Waals surface area contributed by atoms with Gasteiger partial charge in [-0.3, -0.25) is 4.79 Å². The SMILES string of the molecule is CC(=O)Oc1cc2c(cc1O)CC[C@@H]1[C@@H]2CC[C@]2(C)C(O)CC[C@@H]12. The number of benzene rings is 1. The quantitative estimate of drug-likeness (QED) is 0.610. The van der Waals surface area contributed by atoms with Crippen molar-refractivity contribution in [2.75, 3.05) is 0 Å². The molecule has 0 heterocycles. The molecule has 130 valence electrons. The minimum Gasteiger partial charge on any atom is -0.504 e. The highest BCUT2D eigenvalue weighted by atomic mass is 16.5. The lowest BCUT2D eigenvalue weighted by Gasteiger charge is -2.50. The summed E-state index contributed by atoms with van der Waals surface area (Å²) in [5.74, 6) is 1.54. The van der Waals surface area contributed by atoms with Gasteiger partial charge in [0.05, 0.1) is 6.10 Å². The second-order valence-corrected chi connectivity index (χ2v) is 8.17. The van der Waals surface area contributed by atoms with Crippen LogP contribution < -0.4 is 4.74 Å². The molecule has 2 N–H and O–H groups in total. The van der Waals surface area contributed by atoms with Crippen molar-refractivity contribution in [1.82, 2.24) is 0 Å². The van der Waals surface area contributed by atoms with Crippen LogP contribution in [0.5, 0.6) is 11.5 Å². The van der Waals surface area contributed by atoms with Crippen molar-refractivity contribution in [3.63, 3.8) is 0 Å². The lowest BCUT2D eigenvalue weighted by atomic mass is 9.55. The minimum atomic E-state index is -0.409. The van der Waals surface area contributed by atoms with Gasteiger partial charge in [0, 0.05) is 6.92 Å². The predicted molar refractivity (Wildman–Crippen MR) is 90.0 cm³/mol. The standard InChI is InChI=1S/C20H26O4/c1-11(21)24-18-10-15-12(9-17(18)22)3-4-14-13(15)7-8-20(2)16(14)5-6-19(20)23/h9-10,13-14,16,19,22-23H,3-8H2,1-2H3/t13-,14+,16-,19?,20-/m0/s1. The van der Waals surface area contributed by atoms with E-state index in [1.165, 1.54) is 18.1 Å². The molecule has 2 fully saturated rings. The zero-order valence-electron chi connectivity index (χ0n) is 14.4. The molecule has 0 bridgehead atoms. The summed E-state index contributed by atoms with van der Waals surface area (Å²) in [4.78, 5) is 11.3. The van der Waals surface area contributed by atoms with Gasteiger partial charge in [-0.25, -0.2) is 0 Å². The van der Waals surface area contributed by atoms with Crippen LogP contribution in [-0.2, 0) is 11.2 Å². The number of hydrogen-bond acceptors (Lipinski definition) is 4. The normalized spacial score (nSPS) is 37.3. The van der Waals surface area contributed by atoms with E-state index < -0.39 is 5.97 Å². The number of carbonyl (C=O) groups excluding carboxylic acids is 1. The van der Waals surface area contributed by atoms with E-state index >= 15 is 0 Å². The average molecular weight is 330 g/mol. The second-order valence-electron chi connectivity index (χ2n) is 8.17. The van der Waals surface area contributed by atoms with Crippen LogP contribution >= 0.6 is 0 Å². The molecule has 4 nitrogen and oxygen atoms in total. The molecule has 0 spiro atoms. The summed E-state index contributed by atoms with van der Waals surface area (Å²) in [5.41, 5.74) is 2.49. The lowest BCUT2D eigenvalue weighted by Crippen LogP contribution is -2.43. The summed E-state index contributed by atoms with van der Waals surface area (Å²) >= 11 is 0. The van der Waals surface area contributed by atoms with Crippen molar-refractivity contribution < 1.29 is 19.7 Å². The van der Waals surface area contributed by atoms with Crippen LogP contribution in [0.3, 0.4) is 0 Å². The molecule has 0 radical (unpaired) electrons. The highest BCUT2D eigenvalue weighted by Crippen LogP contribution is 2.61. The maximum Gasteiger partial charge on any atom is 0.308 e. The Morgan fingerprint density at radius 1 is 1.25 bits per heavy atom. The maximum absolute atomic E-state index is 11.3. The number of phenolic OH excluding ortho intramolecular Hbond substituents is 1. The smallest absolute Gasteiger partial charge is 0.308 e. The molecular formula is C20H26O4. The molecule has 1 aromatic rings. The molecule has 24 heavy (non-hydrogen) atoms. The highest BCUT2D eigenvalue weighted by Gasteiger charge is 2.54. The topological polar surface area (TPSA) is 66.8 Å². The number of aliphatic hydroxyl groups excluding tert-OH is 1. The van der Waals surface area contributed by atoms with Gasteiger partial charge in [0.15, 0.2) is 11.5 Å². The molecule has 3 aliphatic carbocycles. The van der Waals surface area contributed by atoms with Crippen molar-refractivity contribution >= 4 is 5.97 Å². The fraction of sp³-hybridized carbons (Fsp3) is 0.650. The van der Waals surface area contributed by atoms with Gasteiger partial charge < -0.3 is 14.9 Å². The van der Waals surface area contributed by atoms with E-state index in [4.69, 9.17) is 4.74 Å². The van der Waals surface area contributed by atoms with Crippen LogP contribution in [0.4, 0.5) is 0 Å². The number of carbonyl (C=O) groups is 1. The first-order valence-electron chi connectivity index (χ1n) is 9.12. The number of ether oxygens (including phenoxy) is 1. The predicted octanol–water partition coefficient (Wildman–Crippen LogP) is 3.53. The fourth-order valence-electron chi connectivity index (χ4n) is 5.80. The summed E-state index contributed by atoms with van der Waals surface area (Å²) in [6.07, 6.45) is 6.05. The Labute approximate surface area is 142 Å². The molecule has 2 saturated carbocycles. The Kier molecular flexibility index (Phi) is 3.64. The first-order chi connectivity index (χ1) is 11.4. The Balaban J connectivity index is 1.70. The first-order valence-corrected chi connectivity index (χ1v) is 9.12. The summed E-state index contributed by atoms with van der Waals surface area (Å²) in [7, 11) is 0. The summed E-state index contributed by atoms with van der Waals surface area (Å²) in [5, 5.41) is 20.6. The molecule has 4 rings (SSSR count). The van der Waals surface area contributed by atoms with Gasteiger partial charge in [-0.15, -0.1) is 0 Å². The third-order valence-corrected chi connectivity index (χ3v) is 7.01. The van der Waals surface area contributed by atoms with E-state index in [2.05, 4.69) is 6.92 Å². The summed E-state index contributed by atoms with van der Waals surface area (Å²) in [6.45, 7) is 3.62. The van der Waals surface area contributed by atoms with Crippen molar-refractivity contribution in [1.29, 1.82) is 0 Å². The monoisotopic (exact) mass is 330 g/mol. The molecule has 4 heteroatoms. The van der Waals surface area contributed by atoms with E-state index in [1.54, 1.807) is 6.07 Å². The fourth-order valence-corrected chi connectivity index (χ4v) is 5.80. The number of fused-ring (bicyclic) bond motifs is 5. The van der Waals surface area contributed by atoms with Gasteiger partial charge in [0.2, 0.25) is 0 Å². The number of phenols is 1. The van der Waals surface area contributed by atoms with Crippen LogP contribution in [0.25, 0.3) is 0 Å². The van der Waals surface area contributed by atoms with E-state index in [0.717, 1.165) is 38.5 Å². The molecule has 5 atom stereocenters. The van der Waals surface area contributed by atoms with Crippen molar-refractivity contribution in [3.8, 4) is 11.5 Å². The second kappa shape index (κ2) is 5.48. The molecule has 0 amide bonds. The van der Waals surface area contributed by atoms with Gasteiger partial charge in [-0.1, -0.05) is 6.92 Å². The Morgan fingerprint density at radius 2 is 2.04 bits per heavy atom. The Morgan fingerprint density at radius 3 is 2.79 bits per heavy atom. The number of aryl methyl sites for hydroxylation is 1. The molecule has 3 aliphatic rings. The number of aromatic hydroxyl groups is 1. The van der Waals surface area contributed by atoms with Gasteiger partial charge in [0.25, 0.3) is 0 Å². The Bertz CT molecular complexity index is 682. The number of aliphatic hydroxyl groups is 1. The van der Waals surface area contributed by atoms with Gasteiger partial charge >= 0.3 is 5.97 Å². The third kappa shape index (κ3) is 2.26. The van der Waals surface area contributed by atoms with Gasteiger partial charge in [0.1, 0.15) is 0 Å². The minimum absolute atomic E-state index is 0.0549. The molecule has 0 aromatic heterocycles. The van der Waals surface area contributed by atoms with Crippen LogP contribution in [0.1, 0.15) is 63.0 Å². The van der Waals surface area contributed by atoms with E-state index in [-0.39, 0.29) is 23.0 Å². The third-order valence-electron chi connectivity index (χ3n) is 7.01. The molecule has 0 saturated heterocycles. The first kappa shape index (κ1) is 15.9. The number of rotatable bonds is 1.